The summed E-state index contributed by atoms with van der Waals surface area (Å²) in [6.07, 6.45) is -6.94. The van der Waals surface area contributed by atoms with Gasteiger partial charge in [0.05, 0.1) is 15.9 Å². The Morgan fingerprint density at radius 2 is 1.96 bits per heavy atom. The Labute approximate surface area is 148 Å². The lowest BCUT2D eigenvalue weighted by atomic mass is 9.99. The molecule has 2 aromatic rings. The predicted octanol–water partition coefficient (Wildman–Crippen LogP) is 0.855. The van der Waals surface area contributed by atoms with Crippen LogP contribution in [0, 0.1) is 0 Å². The molecule has 5 N–H and O–H groups in total. The number of carboxylic acids is 1. The zero-order valence-corrected chi connectivity index (χ0v) is 14.2. The predicted molar refractivity (Wildman–Crippen MR) is 86.0 cm³/mol. The van der Waals surface area contributed by atoms with Gasteiger partial charge in [0.25, 0.3) is 0 Å². The number of nitrogens with one attached hydrogen (secondary N) is 1. The van der Waals surface area contributed by atoms with Crippen molar-refractivity contribution in [3.63, 3.8) is 0 Å². The minimum atomic E-state index is -1.78. The Kier molecular flexibility index (Phi) is 4.73. The van der Waals surface area contributed by atoms with E-state index in [9.17, 15) is 20.1 Å². The number of rotatable bonds is 3. The number of aromatic nitrogens is 1. The number of aromatic amines is 1. The largest absolute Gasteiger partial charge is 0.479 e. The standard InChI is InChI=1S/C14H13BrClNO7/c15-4-1-2-5-7(8(4)16)6(3-17-5)23-14-11(20)9(18)10(19)12(24-14)13(21)22/h1-3,9-12,14,17-20H,(H,21,22)/t9-,10-,11-,12+,14+/m0/s1. The third-order valence-electron chi connectivity index (χ3n) is 3.76. The van der Waals surface area contributed by atoms with E-state index < -0.39 is 36.7 Å². The van der Waals surface area contributed by atoms with Crippen molar-refractivity contribution in [2.75, 3.05) is 0 Å². The Morgan fingerprint density at radius 1 is 1.25 bits per heavy atom. The van der Waals surface area contributed by atoms with Crippen molar-refractivity contribution in [1.82, 2.24) is 4.98 Å². The number of fused-ring (bicyclic) bond motifs is 1. The second-order valence-corrected chi connectivity index (χ2v) is 6.52. The molecule has 1 aromatic heterocycles. The molecule has 0 saturated carbocycles. The average Bonchev–Trinajstić information content (AvgIpc) is 2.94. The number of aliphatic carboxylic acids is 1. The lowest BCUT2D eigenvalue weighted by molar-refractivity contribution is -0.270. The maximum Gasteiger partial charge on any atom is 0.335 e. The van der Waals surface area contributed by atoms with E-state index in [0.717, 1.165) is 0 Å². The van der Waals surface area contributed by atoms with Gasteiger partial charge in [-0.25, -0.2) is 4.79 Å². The molecule has 1 aliphatic heterocycles. The van der Waals surface area contributed by atoms with E-state index in [1.807, 2.05) is 0 Å². The minimum Gasteiger partial charge on any atom is -0.479 e. The van der Waals surface area contributed by atoms with E-state index >= 15 is 0 Å². The maximum absolute atomic E-state index is 11.1. The molecule has 1 saturated heterocycles. The summed E-state index contributed by atoms with van der Waals surface area (Å²) in [7, 11) is 0. The number of carboxylic acid groups (broad SMARTS) is 1. The first-order chi connectivity index (χ1) is 11.3. The summed E-state index contributed by atoms with van der Waals surface area (Å²) in [4.78, 5) is 14.0. The molecule has 0 amide bonds. The summed E-state index contributed by atoms with van der Waals surface area (Å²) >= 11 is 9.51. The van der Waals surface area contributed by atoms with Crippen LogP contribution in [0.25, 0.3) is 10.9 Å². The number of halogens is 2. The van der Waals surface area contributed by atoms with Crippen LogP contribution in [0.1, 0.15) is 0 Å². The molecule has 5 atom stereocenters. The third-order valence-corrected chi connectivity index (χ3v) is 5.04. The number of benzene rings is 1. The molecule has 3 rings (SSSR count). The summed E-state index contributed by atoms with van der Waals surface area (Å²) < 4.78 is 11.2. The van der Waals surface area contributed by atoms with E-state index in [4.69, 9.17) is 26.2 Å². The van der Waals surface area contributed by atoms with Crippen molar-refractivity contribution in [3.05, 3.63) is 27.8 Å². The lowest BCUT2D eigenvalue weighted by Crippen LogP contribution is -2.61. The van der Waals surface area contributed by atoms with Gasteiger partial charge in [0.1, 0.15) is 24.1 Å². The summed E-state index contributed by atoms with van der Waals surface area (Å²) in [6.45, 7) is 0. The number of carbonyl (C=O) groups is 1. The molecule has 1 fully saturated rings. The minimum absolute atomic E-state index is 0.202. The van der Waals surface area contributed by atoms with Crippen LogP contribution in [0.3, 0.4) is 0 Å². The highest BCUT2D eigenvalue weighted by Crippen LogP contribution is 2.38. The van der Waals surface area contributed by atoms with Crippen LogP contribution in [0.15, 0.2) is 22.8 Å². The number of hydrogen-bond donors (Lipinski definition) is 5. The van der Waals surface area contributed by atoms with Gasteiger partial charge < -0.3 is 34.9 Å². The topological polar surface area (TPSA) is 132 Å². The van der Waals surface area contributed by atoms with Crippen LogP contribution in [-0.2, 0) is 9.53 Å². The van der Waals surface area contributed by atoms with Gasteiger partial charge in [0, 0.05) is 10.7 Å². The van der Waals surface area contributed by atoms with Crippen LogP contribution in [0.5, 0.6) is 5.75 Å². The summed E-state index contributed by atoms with van der Waals surface area (Å²) in [6, 6.07) is 3.48. The highest BCUT2D eigenvalue weighted by atomic mass is 79.9. The number of H-pyrrole nitrogens is 1. The van der Waals surface area contributed by atoms with Crippen LogP contribution in [0.4, 0.5) is 0 Å². The van der Waals surface area contributed by atoms with E-state index in [1.165, 1.54) is 6.20 Å². The van der Waals surface area contributed by atoms with Crippen LogP contribution in [0.2, 0.25) is 5.02 Å². The monoisotopic (exact) mass is 421 g/mol. The molecule has 1 aromatic carbocycles. The Bertz CT molecular complexity index is 782. The van der Waals surface area contributed by atoms with Gasteiger partial charge in [0.15, 0.2) is 6.10 Å². The first kappa shape index (κ1) is 17.5. The van der Waals surface area contributed by atoms with Gasteiger partial charge in [-0.05, 0) is 28.1 Å². The fraction of sp³-hybridized carbons (Fsp3) is 0.357. The molecule has 0 unspecified atom stereocenters. The fourth-order valence-corrected chi connectivity index (χ4v) is 3.08. The van der Waals surface area contributed by atoms with Gasteiger partial charge in [-0.1, -0.05) is 11.6 Å². The second kappa shape index (κ2) is 6.51. The molecular formula is C14H13BrClNO7. The first-order valence-electron chi connectivity index (χ1n) is 6.85. The second-order valence-electron chi connectivity index (χ2n) is 5.29. The Hall–Kier alpha value is -1.36. The van der Waals surface area contributed by atoms with Crippen molar-refractivity contribution in [2.45, 2.75) is 30.7 Å². The number of ether oxygens (including phenoxy) is 2. The van der Waals surface area contributed by atoms with Gasteiger partial charge in [-0.2, -0.15) is 0 Å². The smallest absolute Gasteiger partial charge is 0.335 e. The number of aliphatic hydroxyl groups is 3. The van der Waals surface area contributed by atoms with Gasteiger partial charge in [-0.3, -0.25) is 0 Å². The summed E-state index contributed by atoms with van der Waals surface area (Å²) in [5.74, 6) is -1.28. The highest BCUT2D eigenvalue weighted by molar-refractivity contribution is 9.10. The molecule has 1 aliphatic rings. The van der Waals surface area contributed by atoms with Gasteiger partial charge in [0.2, 0.25) is 6.29 Å². The van der Waals surface area contributed by atoms with Crippen molar-refractivity contribution in [3.8, 4) is 5.75 Å². The molecule has 0 bridgehead atoms. The normalized spacial score (nSPS) is 30.5. The average molecular weight is 423 g/mol. The first-order valence-corrected chi connectivity index (χ1v) is 8.02. The van der Waals surface area contributed by atoms with Crippen LogP contribution >= 0.6 is 27.5 Å². The van der Waals surface area contributed by atoms with Crippen LogP contribution in [-0.4, -0.2) is 62.1 Å². The molecule has 8 nitrogen and oxygen atoms in total. The molecular weight excluding hydrogens is 410 g/mol. The SMILES string of the molecule is O=C(O)[C@@H]1O[C@@H](Oc2c[nH]c3ccc(Br)c(Cl)c23)[C@@H](O)[C@@H](O)[C@@H]1O. The molecule has 10 heteroatoms. The lowest BCUT2D eigenvalue weighted by Gasteiger charge is -2.38. The molecule has 0 radical (unpaired) electrons. The summed E-state index contributed by atoms with van der Waals surface area (Å²) in [5, 5.41) is 39.4. The molecule has 0 aliphatic carbocycles. The molecule has 0 spiro atoms. The number of aliphatic hydroxyl groups excluding tert-OH is 3. The Balaban J connectivity index is 1.93. The quantitative estimate of drug-likeness (QED) is 0.495. The van der Waals surface area contributed by atoms with Crippen LogP contribution < -0.4 is 4.74 Å². The van der Waals surface area contributed by atoms with E-state index in [1.54, 1.807) is 12.1 Å². The molecule has 2 heterocycles. The zero-order valence-electron chi connectivity index (χ0n) is 11.9. The molecule has 24 heavy (non-hydrogen) atoms. The van der Waals surface area contributed by atoms with E-state index in [-0.39, 0.29) is 5.75 Å². The van der Waals surface area contributed by atoms with E-state index in [2.05, 4.69) is 20.9 Å². The van der Waals surface area contributed by atoms with E-state index in [0.29, 0.717) is 20.4 Å². The maximum atomic E-state index is 11.1. The van der Waals surface area contributed by atoms with Crippen molar-refractivity contribution < 1.29 is 34.7 Å². The number of hydrogen-bond acceptors (Lipinski definition) is 6. The zero-order chi connectivity index (χ0) is 17.6. The summed E-state index contributed by atoms with van der Waals surface area (Å²) in [5.41, 5.74) is 0.652. The fourth-order valence-electron chi connectivity index (χ4n) is 2.49. The van der Waals surface area contributed by atoms with Crippen molar-refractivity contribution in [2.24, 2.45) is 0 Å². The van der Waals surface area contributed by atoms with Crippen molar-refractivity contribution >= 4 is 44.4 Å². The highest BCUT2D eigenvalue weighted by Gasteiger charge is 2.48. The van der Waals surface area contributed by atoms with Gasteiger partial charge in [-0.15, -0.1) is 0 Å². The molecule has 130 valence electrons. The van der Waals surface area contributed by atoms with Gasteiger partial charge >= 0.3 is 5.97 Å². The Morgan fingerprint density at radius 3 is 2.62 bits per heavy atom. The van der Waals surface area contributed by atoms with Crippen molar-refractivity contribution in [1.29, 1.82) is 0 Å². The third kappa shape index (κ3) is 2.87.